The van der Waals surface area contributed by atoms with Crippen LogP contribution in [0.25, 0.3) is 0 Å². The number of hydrogen-bond donors (Lipinski definition) is 3. The molecule has 0 aliphatic rings. The third-order valence-electron chi connectivity index (χ3n) is 2.01. The van der Waals surface area contributed by atoms with Gasteiger partial charge in [-0.25, -0.2) is 4.79 Å². The molecule has 17 heavy (non-hydrogen) atoms. The van der Waals surface area contributed by atoms with E-state index in [1.54, 1.807) is 12.1 Å². The van der Waals surface area contributed by atoms with Gasteiger partial charge in [0.05, 0.1) is 25.4 Å². The standard InChI is InChI=1S/C11H14BrNO4/c12-10-7-8(1-2-9(10)11(15)16)13-3-5-17-6-4-14/h1-2,7,13-14H,3-6H2,(H,15,16). The monoisotopic (exact) mass is 303 g/mol. The lowest BCUT2D eigenvalue weighted by atomic mass is 10.2. The Morgan fingerprint density at radius 1 is 1.41 bits per heavy atom. The van der Waals surface area contributed by atoms with Gasteiger partial charge in [0.25, 0.3) is 0 Å². The zero-order valence-electron chi connectivity index (χ0n) is 9.15. The van der Waals surface area contributed by atoms with Crippen molar-refractivity contribution in [2.24, 2.45) is 0 Å². The highest BCUT2D eigenvalue weighted by Gasteiger charge is 2.07. The maximum Gasteiger partial charge on any atom is 0.336 e. The van der Waals surface area contributed by atoms with Gasteiger partial charge in [-0.2, -0.15) is 0 Å². The highest BCUT2D eigenvalue weighted by Crippen LogP contribution is 2.21. The first-order chi connectivity index (χ1) is 8.15. The smallest absolute Gasteiger partial charge is 0.336 e. The molecule has 0 amide bonds. The molecule has 94 valence electrons. The topological polar surface area (TPSA) is 78.8 Å². The number of ether oxygens (including phenoxy) is 1. The summed E-state index contributed by atoms with van der Waals surface area (Å²) in [6.45, 7) is 1.42. The first-order valence-electron chi connectivity index (χ1n) is 5.10. The molecule has 0 saturated heterocycles. The van der Waals surface area contributed by atoms with Gasteiger partial charge in [-0.1, -0.05) is 0 Å². The van der Waals surface area contributed by atoms with Gasteiger partial charge < -0.3 is 20.3 Å². The van der Waals surface area contributed by atoms with Gasteiger partial charge in [-0.15, -0.1) is 0 Å². The van der Waals surface area contributed by atoms with Crippen LogP contribution in [0.3, 0.4) is 0 Å². The average molecular weight is 304 g/mol. The molecule has 3 N–H and O–H groups in total. The molecule has 0 heterocycles. The fraction of sp³-hybridized carbons (Fsp3) is 0.364. The van der Waals surface area contributed by atoms with Gasteiger partial charge >= 0.3 is 5.97 Å². The molecule has 0 radical (unpaired) electrons. The predicted molar refractivity (Wildman–Crippen MR) is 67.5 cm³/mol. The van der Waals surface area contributed by atoms with E-state index in [4.69, 9.17) is 14.9 Å². The highest BCUT2D eigenvalue weighted by molar-refractivity contribution is 9.10. The minimum atomic E-state index is -0.963. The normalized spacial score (nSPS) is 10.2. The van der Waals surface area contributed by atoms with Crippen molar-refractivity contribution in [1.82, 2.24) is 0 Å². The van der Waals surface area contributed by atoms with Crippen LogP contribution in [0, 0.1) is 0 Å². The lowest BCUT2D eigenvalue weighted by Crippen LogP contribution is -2.11. The Kier molecular flexibility index (Phi) is 5.96. The van der Waals surface area contributed by atoms with Crippen molar-refractivity contribution in [3.05, 3.63) is 28.2 Å². The van der Waals surface area contributed by atoms with Gasteiger partial charge in [0.15, 0.2) is 0 Å². The van der Waals surface area contributed by atoms with E-state index in [1.807, 2.05) is 0 Å². The Morgan fingerprint density at radius 2 is 2.18 bits per heavy atom. The number of benzene rings is 1. The zero-order valence-corrected chi connectivity index (χ0v) is 10.7. The summed E-state index contributed by atoms with van der Waals surface area (Å²) >= 11 is 3.20. The molecular weight excluding hydrogens is 290 g/mol. The molecule has 1 rings (SSSR count). The molecule has 0 unspecified atom stereocenters. The molecule has 1 aromatic carbocycles. The number of carboxylic acids is 1. The molecular formula is C11H14BrNO4. The van der Waals surface area contributed by atoms with Crippen molar-refractivity contribution >= 4 is 27.6 Å². The molecule has 5 nitrogen and oxygen atoms in total. The molecule has 0 saturated carbocycles. The Morgan fingerprint density at radius 3 is 2.76 bits per heavy atom. The zero-order chi connectivity index (χ0) is 12.7. The number of aromatic carboxylic acids is 1. The number of carbonyl (C=O) groups is 1. The van der Waals surface area contributed by atoms with E-state index in [0.717, 1.165) is 5.69 Å². The quantitative estimate of drug-likeness (QED) is 0.666. The van der Waals surface area contributed by atoms with E-state index in [2.05, 4.69) is 21.2 Å². The average Bonchev–Trinajstić information content (AvgIpc) is 2.28. The summed E-state index contributed by atoms with van der Waals surface area (Å²) in [6, 6.07) is 4.93. The summed E-state index contributed by atoms with van der Waals surface area (Å²) in [5.41, 5.74) is 1.04. The number of rotatable bonds is 7. The Hall–Kier alpha value is -1.11. The molecule has 1 aromatic rings. The molecule has 0 spiro atoms. The summed E-state index contributed by atoms with van der Waals surface area (Å²) in [4.78, 5) is 10.8. The maximum absolute atomic E-state index is 10.8. The molecule has 0 aromatic heterocycles. The van der Waals surface area contributed by atoms with Crippen LogP contribution < -0.4 is 5.32 Å². The summed E-state index contributed by atoms with van der Waals surface area (Å²) in [5.74, 6) is -0.963. The van der Waals surface area contributed by atoms with Crippen LogP contribution in [-0.4, -0.2) is 42.5 Å². The summed E-state index contributed by atoms with van der Waals surface area (Å²) in [7, 11) is 0. The third-order valence-corrected chi connectivity index (χ3v) is 2.67. The number of carboxylic acid groups (broad SMARTS) is 1. The van der Waals surface area contributed by atoms with E-state index in [0.29, 0.717) is 24.2 Å². The summed E-state index contributed by atoms with van der Waals surface area (Å²) in [6.07, 6.45) is 0. The second-order valence-corrected chi connectivity index (χ2v) is 4.12. The Balaban J connectivity index is 2.45. The van der Waals surface area contributed by atoms with Gasteiger partial charge in [0, 0.05) is 16.7 Å². The lowest BCUT2D eigenvalue weighted by Gasteiger charge is -2.08. The SMILES string of the molecule is O=C(O)c1ccc(NCCOCCO)cc1Br. The molecule has 0 fully saturated rings. The highest BCUT2D eigenvalue weighted by atomic mass is 79.9. The number of anilines is 1. The number of aliphatic hydroxyl groups excluding tert-OH is 1. The summed E-state index contributed by atoms with van der Waals surface area (Å²) < 4.78 is 5.61. The lowest BCUT2D eigenvalue weighted by molar-refractivity contribution is 0.0696. The van der Waals surface area contributed by atoms with Crippen molar-refractivity contribution in [3.63, 3.8) is 0 Å². The van der Waals surface area contributed by atoms with E-state index >= 15 is 0 Å². The number of aliphatic hydroxyl groups is 1. The molecule has 0 aliphatic carbocycles. The van der Waals surface area contributed by atoms with Crippen molar-refractivity contribution < 1.29 is 19.7 Å². The van der Waals surface area contributed by atoms with Crippen molar-refractivity contribution in [1.29, 1.82) is 0 Å². The van der Waals surface area contributed by atoms with E-state index in [9.17, 15) is 4.79 Å². The second-order valence-electron chi connectivity index (χ2n) is 3.26. The van der Waals surface area contributed by atoms with Gasteiger partial charge in [0.1, 0.15) is 0 Å². The summed E-state index contributed by atoms with van der Waals surface area (Å²) in [5, 5.41) is 20.4. The fourth-order valence-corrected chi connectivity index (χ4v) is 1.78. The van der Waals surface area contributed by atoms with Crippen molar-refractivity contribution in [2.45, 2.75) is 0 Å². The van der Waals surface area contributed by atoms with Crippen LogP contribution in [0.15, 0.2) is 22.7 Å². The van der Waals surface area contributed by atoms with Crippen LogP contribution in [0.5, 0.6) is 0 Å². The van der Waals surface area contributed by atoms with Gasteiger partial charge in [0.2, 0.25) is 0 Å². The van der Waals surface area contributed by atoms with Crippen LogP contribution in [0.4, 0.5) is 5.69 Å². The van der Waals surface area contributed by atoms with Crippen LogP contribution in [0.2, 0.25) is 0 Å². The van der Waals surface area contributed by atoms with Gasteiger partial charge in [-0.3, -0.25) is 0 Å². The Labute approximate surface area is 108 Å². The molecule has 0 aliphatic heterocycles. The minimum Gasteiger partial charge on any atom is -0.478 e. The molecule has 6 heteroatoms. The maximum atomic E-state index is 10.8. The van der Waals surface area contributed by atoms with E-state index in [-0.39, 0.29) is 12.2 Å². The van der Waals surface area contributed by atoms with Crippen LogP contribution in [-0.2, 0) is 4.74 Å². The largest absolute Gasteiger partial charge is 0.478 e. The van der Waals surface area contributed by atoms with Crippen LogP contribution >= 0.6 is 15.9 Å². The first kappa shape index (κ1) is 14.0. The van der Waals surface area contributed by atoms with E-state index < -0.39 is 5.97 Å². The molecule has 0 atom stereocenters. The van der Waals surface area contributed by atoms with Crippen molar-refractivity contribution in [3.8, 4) is 0 Å². The number of hydrogen-bond acceptors (Lipinski definition) is 4. The first-order valence-corrected chi connectivity index (χ1v) is 5.89. The number of halogens is 1. The second kappa shape index (κ2) is 7.26. The fourth-order valence-electron chi connectivity index (χ4n) is 1.23. The molecule has 0 bridgehead atoms. The van der Waals surface area contributed by atoms with Gasteiger partial charge in [-0.05, 0) is 34.1 Å². The van der Waals surface area contributed by atoms with Crippen molar-refractivity contribution in [2.75, 3.05) is 31.7 Å². The predicted octanol–water partition coefficient (Wildman–Crippen LogP) is 1.57. The Bertz CT molecular complexity index is 384. The minimum absolute atomic E-state index is 0.0128. The van der Waals surface area contributed by atoms with Crippen LogP contribution in [0.1, 0.15) is 10.4 Å². The van der Waals surface area contributed by atoms with E-state index in [1.165, 1.54) is 6.07 Å². The number of nitrogens with one attached hydrogen (secondary N) is 1. The third kappa shape index (κ3) is 4.72.